The first-order valence-corrected chi connectivity index (χ1v) is 10.8. The summed E-state index contributed by atoms with van der Waals surface area (Å²) in [6, 6.07) is 0. The highest BCUT2D eigenvalue weighted by atomic mass is 32.2. The summed E-state index contributed by atoms with van der Waals surface area (Å²) in [5.74, 6) is 0. The maximum absolute atomic E-state index is 12.3. The topological polar surface area (TPSA) is 64.1 Å². The second-order valence-electron chi connectivity index (χ2n) is 8.40. The van der Waals surface area contributed by atoms with Gasteiger partial charge in [0.25, 0.3) is 10.2 Å². The van der Waals surface area contributed by atoms with Crippen molar-refractivity contribution in [1.82, 2.24) is 13.5 Å². The molecule has 0 aromatic rings. The van der Waals surface area contributed by atoms with Gasteiger partial charge in [-0.2, -0.15) is 17.0 Å². The van der Waals surface area contributed by atoms with Crippen LogP contribution < -0.4 is 0 Å². The molecule has 3 rings (SSSR count). The van der Waals surface area contributed by atoms with Gasteiger partial charge >= 0.3 is 0 Å². The average molecular weight is 360 g/mol. The van der Waals surface area contributed by atoms with Crippen LogP contribution >= 0.6 is 0 Å². The van der Waals surface area contributed by atoms with Crippen LogP contribution in [0.3, 0.4) is 0 Å². The van der Waals surface area contributed by atoms with E-state index in [9.17, 15) is 13.5 Å². The molecule has 1 aliphatic carbocycles. The number of hydrogen-bond donors (Lipinski definition) is 1. The fraction of sp³-hybridized carbons (Fsp3) is 1.00. The lowest BCUT2D eigenvalue weighted by atomic mass is 9.64. The van der Waals surface area contributed by atoms with Crippen molar-refractivity contribution in [1.29, 1.82) is 0 Å². The molecule has 2 saturated heterocycles. The van der Waals surface area contributed by atoms with Gasteiger partial charge in [0.2, 0.25) is 0 Å². The molecule has 7 heteroatoms. The first-order valence-electron chi connectivity index (χ1n) is 9.37. The molecule has 0 amide bonds. The van der Waals surface area contributed by atoms with E-state index in [1.54, 1.807) is 18.4 Å². The van der Waals surface area contributed by atoms with Crippen molar-refractivity contribution >= 4 is 10.2 Å². The highest BCUT2D eigenvalue weighted by molar-refractivity contribution is 7.86. The Morgan fingerprint density at radius 1 is 0.917 bits per heavy atom. The molecule has 2 heterocycles. The quantitative estimate of drug-likeness (QED) is 0.821. The fourth-order valence-corrected chi connectivity index (χ4v) is 5.79. The largest absolute Gasteiger partial charge is 0.389 e. The minimum absolute atomic E-state index is 0.246. The summed E-state index contributed by atoms with van der Waals surface area (Å²) < 4.78 is 27.4. The van der Waals surface area contributed by atoms with E-state index in [2.05, 4.69) is 4.90 Å². The van der Waals surface area contributed by atoms with Gasteiger partial charge in [-0.15, -0.1) is 0 Å². The molecule has 1 spiro atoms. The van der Waals surface area contributed by atoms with Crippen molar-refractivity contribution in [2.24, 2.45) is 5.41 Å². The molecule has 3 fully saturated rings. The van der Waals surface area contributed by atoms with Crippen molar-refractivity contribution in [3.05, 3.63) is 0 Å². The summed E-state index contributed by atoms with van der Waals surface area (Å²) in [7, 11) is -0.0912. The Labute approximate surface area is 147 Å². The smallest absolute Gasteiger partial charge is 0.281 e. The van der Waals surface area contributed by atoms with Crippen molar-refractivity contribution in [3.63, 3.8) is 0 Å². The number of rotatable bonds is 4. The molecular formula is C17H33N3O3S. The highest BCUT2D eigenvalue weighted by Crippen LogP contribution is 2.48. The van der Waals surface area contributed by atoms with E-state index >= 15 is 0 Å². The fourth-order valence-electron chi connectivity index (χ4n) is 4.68. The molecule has 3 aliphatic rings. The normalized spacial score (nSPS) is 28.7. The third-order valence-electron chi connectivity index (χ3n) is 6.53. The van der Waals surface area contributed by atoms with Crippen molar-refractivity contribution < 1.29 is 13.5 Å². The van der Waals surface area contributed by atoms with Crippen molar-refractivity contribution in [2.45, 2.75) is 57.0 Å². The summed E-state index contributed by atoms with van der Waals surface area (Å²) in [5, 5.41) is 10.9. The summed E-state index contributed by atoms with van der Waals surface area (Å²) >= 11 is 0. The lowest BCUT2D eigenvalue weighted by molar-refractivity contribution is -0.0627. The molecule has 1 N–H and O–H groups in total. The van der Waals surface area contributed by atoms with E-state index in [4.69, 9.17) is 0 Å². The molecular weight excluding hydrogens is 326 g/mol. The zero-order valence-electron chi connectivity index (χ0n) is 15.2. The number of hydrogen-bond acceptors (Lipinski definition) is 4. The number of piperidine rings is 1. The second-order valence-corrected chi connectivity index (χ2v) is 10.5. The maximum Gasteiger partial charge on any atom is 0.281 e. The number of likely N-dealkylation sites (tertiary alicyclic amines) is 1. The molecule has 0 radical (unpaired) electrons. The molecule has 0 atom stereocenters. The van der Waals surface area contributed by atoms with Gasteiger partial charge in [0, 0.05) is 33.7 Å². The maximum atomic E-state index is 12.3. The van der Waals surface area contributed by atoms with E-state index in [-0.39, 0.29) is 5.41 Å². The number of aliphatic hydroxyl groups is 1. The predicted molar refractivity (Wildman–Crippen MR) is 94.9 cm³/mol. The molecule has 0 bridgehead atoms. The van der Waals surface area contributed by atoms with Crippen LogP contribution in [0.4, 0.5) is 0 Å². The van der Waals surface area contributed by atoms with Crippen LogP contribution in [0.2, 0.25) is 0 Å². The lowest BCUT2D eigenvalue weighted by Gasteiger charge is -2.48. The Morgan fingerprint density at radius 3 is 1.96 bits per heavy atom. The minimum atomic E-state index is -3.28. The Bertz CT molecular complexity index is 525. The molecule has 0 aromatic carbocycles. The van der Waals surface area contributed by atoms with E-state index in [0.29, 0.717) is 13.1 Å². The number of β-amino-alcohol motifs (C(OH)–C–C–N with tert-alkyl or cyclic N) is 1. The van der Waals surface area contributed by atoms with Gasteiger partial charge in [-0.3, -0.25) is 0 Å². The first-order chi connectivity index (χ1) is 11.2. The van der Waals surface area contributed by atoms with Gasteiger partial charge in [0.1, 0.15) is 0 Å². The second kappa shape index (κ2) is 6.83. The Morgan fingerprint density at radius 2 is 1.46 bits per heavy atom. The summed E-state index contributed by atoms with van der Waals surface area (Å²) in [5.41, 5.74) is -0.280. The molecule has 0 aromatic heterocycles. The van der Waals surface area contributed by atoms with Crippen LogP contribution in [-0.2, 0) is 10.2 Å². The van der Waals surface area contributed by atoms with Gasteiger partial charge in [0.05, 0.1) is 5.60 Å². The third-order valence-corrected chi connectivity index (χ3v) is 8.47. The van der Waals surface area contributed by atoms with Crippen LogP contribution in [0.15, 0.2) is 0 Å². The Kier molecular flexibility index (Phi) is 5.29. The summed E-state index contributed by atoms with van der Waals surface area (Å²) in [6.45, 7) is 4.32. The minimum Gasteiger partial charge on any atom is -0.389 e. The third kappa shape index (κ3) is 3.80. The molecule has 1 saturated carbocycles. The van der Waals surface area contributed by atoms with Gasteiger partial charge in [0.15, 0.2) is 0 Å². The molecule has 0 unspecified atom stereocenters. The van der Waals surface area contributed by atoms with Gasteiger partial charge in [-0.25, -0.2) is 0 Å². The monoisotopic (exact) mass is 359 g/mol. The molecule has 140 valence electrons. The van der Waals surface area contributed by atoms with Crippen LogP contribution in [0.5, 0.6) is 0 Å². The number of nitrogens with zero attached hydrogens (tertiary/aromatic N) is 3. The molecule has 2 aliphatic heterocycles. The van der Waals surface area contributed by atoms with Crippen molar-refractivity contribution in [3.8, 4) is 0 Å². The Hall–Kier alpha value is -0.210. The standard InChI is InChI=1S/C17H33N3O3S/c1-18(2)24(22,23)20-13-9-16(10-14-20)5-7-17(21,8-6-16)15-19-11-3-4-12-19/h21H,3-15H2,1-2H3. The van der Waals surface area contributed by atoms with Gasteiger partial charge < -0.3 is 10.0 Å². The summed E-state index contributed by atoms with van der Waals surface area (Å²) in [6.07, 6.45) is 8.18. The van der Waals surface area contributed by atoms with Crippen LogP contribution in [-0.4, -0.2) is 79.5 Å². The zero-order chi connectivity index (χ0) is 17.4. The first kappa shape index (κ1) is 18.6. The predicted octanol–water partition coefficient (Wildman–Crippen LogP) is 1.28. The molecule has 24 heavy (non-hydrogen) atoms. The van der Waals surface area contributed by atoms with Crippen molar-refractivity contribution in [2.75, 3.05) is 46.8 Å². The average Bonchev–Trinajstić information content (AvgIpc) is 3.04. The summed E-state index contributed by atoms with van der Waals surface area (Å²) in [4.78, 5) is 2.41. The zero-order valence-corrected chi connectivity index (χ0v) is 16.0. The van der Waals surface area contributed by atoms with Gasteiger partial charge in [-0.05, 0) is 69.9 Å². The highest BCUT2D eigenvalue weighted by Gasteiger charge is 2.45. The molecule has 6 nitrogen and oxygen atoms in total. The van der Waals surface area contributed by atoms with E-state index in [0.717, 1.165) is 58.2 Å². The van der Waals surface area contributed by atoms with Gasteiger partial charge in [-0.1, -0.05) is 0 Å². The SMILES string of the molecule is CN(C)S(=O)(=O)N1CCC2(CC1)CCC(O)(CN1CCCC1)CC2. The lowest BCUT2D eigenvalue weighted by Crippen LogP contribution is -2.51. The van der Waals surface area contributed by atoms with Crippen LogP contribution in [0.25, 0.3) is 0 Å². The van der Waals surface area contributed by atoms with Crippen LogP contribution in [0, 0.1) is 5.41 Å². The van der Waals surface area contributed by atoms with Crippen LogP contribution in [0.1, 0.15) is 51.4 Å². The van der Waals surface area contributed by atoms with E-state index in [1.165, 1.54) is 17.1 Å². The van der Waals surface area contributed by atoms with E-state index < -0.39 is 15.8 Å². The van der Waals surface area contributed by atoms with E-state index in [1.807, 2.05) is 0 Å². The Balaban J connectivity index is 1.53.